The maximum absolute atomic E-state index is 13.5. The van der Waals surface area contributed by atoms with E-state index in [1.807, 2.05) is 41.8 Å². The fourth-order valence-corrected chi connectivity index (χ4v) is 6.12. The number of carbonyl (C=O) groups excluding carboxylic acids is 3. The van der Waals surface area contributed by atoms with Gasteiger partial charge >= 0.3 is 0 Å². The lowest BCUT2D eigenvalue weighted by Crippen LogP contribution is -2.30. The number of nitrogens with zero attached hydrogens (tertiary/aromatic N) is 1. The summed E-state index contributed by atoms with van der Waals surface area (Å²) in [5, 5.41) is 10.9. The first-order chi connectivity index (χ1) is 21.8. The second kappa shape index (κ2) is 15.0. The average Bonchev–Trinajstić information content (AvgIpc) is 3.52. The highest BCUT2D eigenvalue weighted by Crippen LogP contribution is 2.30. The minimum Gasteiger partial charge on any atom is -0.321 e. The van der Waals surface area contributed by atoms with Crippen molar-refractivity contribution in [2.75, 3.05) is 10.6 Å². The largest absolute Gasteiger partial charge is 0.321 e. The Hall–Kier alpha value is -4.41. The van der Waals surface area contributed by atoms with Gasteiger partial charge in [0.2, 0.25) is 5.91 Å². The van der Waals surface area contributed by atoms with Crippen molar-refractivity contribution in [1.29, 1.82) is 0 Å². The van der Waals surface area contributed by atoms with E-state index in [0.717, 1.165) is 16.2 Å². The van der Waals surface area contributed by atoms with Gasteiger partial charge < -0.3 is 16.0 Å². The molecule has 3 amide bonds. The molecule has 1 unspecified atom stereocenters. The normalized spacial score (nSPS) is 11.8. The zero-order chi connectivity index (χ0) is 31.8. The van der Waals surface area contributed by atoms with Gasteiger partial charge in [0.1, 0.15) is 5.70 Å². The van der Waals surface area contributed by atoms with Gasteiger partial charge in [0.25, 0.3) is 11.8 Å². The van der Waals surface area contributed by atoms with Gasteiger partial charge in [-0.1, -0.05) is 89.9 Å². The average molecular weight is 674 g/mol. The van der Waals surface area contributed by atoms with Crippen molar-refractivity contribution in [3.63, 3.8) is 0 Å². The highest BCUT2D eigenvalue weighted by atomic mass is 35.5. The molecule has 0 aliphatic rings. The first-order valence-corrected chi connectivity index (χ1v) is 16.2. The maximum atomic E-state index is 13.5. The van der Waals surface area contributed by atoms with Crippen LogP contribution in [0.2, 0.25) is 10.0 Å². The van der Waals surface area contributed by atoms with Crippen LogP contribution in [0.3, 0.4) is 0 Å². The molecule has 0 aliphatic carbocycles. The summed E-state index contributed by atoms with van der Waals surface area (Å²) in [5.74, 6) is -1.23. The van der Waals surface area contributed by atoms with Gasteiger partial charge in [-0.2, -0.15) is 0 Å². The lowest BCUT2D eigenvalue weighted by atomic mass is 10.1. The maximum Gasteiger partial charge on any atom is 0.272 e. The Bertz CT molecular complexity index is 1860. The molecule has 0 spiro atoms. The third-order valence-electron chi connectivity index (χ3n) is 6.39. The minimum absolute atomic E-state index is 0.0304. The number of amides is 3. The monoisotopic (exact) mass is 672 g/mol. The van der Waals surface area contributed by atoms with Crippen LogP contribution >= 0.6 is 46.3 Å². The van der Waals surface area contributed by atoms with E-state index in [0.29, 0.717) is 27.0 Å². The van der Waals surface area contributed by atoms with Crippen LogP contribution in [0.25, 0.3) is 17.3 Å². The number of hydrogen-bond acceptors (Lipinski definition) is 6. The van der Waals surface area contributed by atoms with Gasteiger partial charge in [-0.3, -0.25) is 14.4 Å². The highest BCUT2D eigenvalue weighted by molar-refractivity contribution is 8.00. The van der Waals surface area contributed by atoms with E-state index in [9.17, 15) is 14.4 Å². The van der Waals surface area contributed by atoms with E-state index in [-0.39, 0.29) is 16.6 Å². The molecular weight excluding hydrogens is 647 g/mol. The Balaban J connectivity index is 1.27. The predicted molar refractivity (Wildman–Crippen MR) is 185 cm³/mol. The Morgan fingerprint density at radius 2 is 1.58 bits per heavy atom. The number of carbonyl (C=O) groups is 3. The van der Waals surface area contributed by atoms with E-state index in [4.69, 9.17) is 23.2 Å². The smallest absolute Gasteiger partial charge is 0.272 e. The Morgan fingerprint density at radius 1 is 0.867 bits per heavy atom. The van der Waals surface area contributed by atoms with Crippen LogP contribution in [-0.4, -0.2) is 28.0 Å². The number of thioether (sulfide) groups is 1. The summed E-state index contributed by atoms with van der Waals surface area (Å²) in [6.45, 7) is 1.80. The summed E-state index contributed by atoms with van der Waals surface area (Å²) in [7, 11) is 0. The molecule has 1 heterocycles. The van der Waals surface area contributed by atoms with Gasteiger partial charge in [-0.25, -0.2) is 4.98 Å². The number of nitrogens with one attached hydrogen (secondary N) is 3. The van der Waals surface area contributed by atoms with Crippen molar-refractivity contribution in [1.82, 2.24) is 10.3 Å². The zero-order valence-electron chi connectivity index (χ0n) is 23.8. The van der Waals surface area contributed by atoms with E-state index < -0.39 is 17.1 Å². The van der Waals surface area contributed by atoms with Crippen molar-refractivity contribution in [2.24, 2.45) is 0 Å². The number of aromatic nitrogens is 1. The summed E-state index contributed by atoms with van der Waals surface area (Å²) in [6.07, 6.45) is 1.47. The number of thiazole rings is 1. The second-order valence-electron chi connectivity index (χ2n) is 9.66. The Kier molecular flexibility index (Phi) is 10.7. The molecule has 0 aliphatic heterocycles. The van der Waals surface area contributed by atoms with Crippen LogP contribution in [0.5, 0.6) is 0 Å². The molecular formula is C34H26Cl2N4O3S2. The van der Waals surface area contributed by atoms with Crippen LogP contribution in [0, 0.1) is 0 Å². The molecule has 5 rings (SSSR count). The molecule has 0 bridgehead atoms. The molecule has 0 saturated carbocycles. The van der Waals surface area contributed by atoms with Crippen molar-refractivity contribution >= 4 is 80.9 Å². The molecule has 5 aromatic rings. The SMILES string of the molecule is CC(Sc1cccc(NC(=O)/C(=C\c2cccc(Cl)c2Cl)NC(=O)c2ccccc2)c1)C(=O)Nc1nc(-c2ccccc2)cs1. The Labute approximate surface area is 278 Å². The van der Waals surface area contributed by atoms with E-state index in [1.54, 1.807) is 73.7 Å². The molecule has 45 heavy (non-hydrogen) atoms. The lowest BCUT2D eigenvalue weighted by molar-refractivity contribution is -0.115. The second-order valence-corrected chi connectivity index (χ2v) is 12.7. The number of hydrogen-bond donors (Lipinski definition) is 3. The molecule has 1 aromatic heterocycles. The molecule has 0 fully saturated rings. The first-order valence-electron chi connectivity index (χ1n) is 13.7. The number of rotatable bonds is 10. The van der Waals surface area contributed by atoms with Crippen LogP contribution in [0.15, 0.2) is 119 Å². The van der Waals surface area contributed by atoms with E-state index >= 15 is 0 Å². The summed E-state index contributed by atoms with van der Waals surface area (Å²) < 4.78 is 0. The lowest BCUT2D eigenvalue weighted by Gasteiger charge is -2.14. The summed E-state index contributed by atoms with van der Waals surface area (Å²) in [4.78, 5) is 44.7. The molecule has 1 atom stereocenters. The fraction of sp³-hybridized carbons (Fsp3) is 0.0588. The van der Waals surface area contributed by atoms with Crippen molar-refractivity contribution in [3.05, 3.63) is 135 Å². The number of anilines is 2. The third-order valence-corrected chi connectivity index (χ3v) is 9.07. The number of halogens is 2. The topological polar surface area (TPSA) is 100 Å². The van der Waals surface area contributed by atoms with Crippen LogP contribution in [0.1, 0.15) is 22.8 Å². The molecule has 226 valence electrons. The molecule has 0 radical (unpaired) electrons. The molecule has 11 heteroatoms. The van der Waals surface area contributed by atoms with Crippen LogP contribution in [0.4, 0.5) is 10.8 Å². The first kappa shape index (κ1) is 32.0. The fourth-order valence-electron chi connectivity index (χ4n) is 4.11. The van der Waals surface area contributed by atoms with E-state index in [1.165, 1.54) is 29.2 Å². The minimum atomic E-state index is -0.568. The molecule has 0 saturated heterocycles. The third kappa shape index (κ3) is 8.61. The highest BCUT2D eigenvalue weighted by Gasteiger charge is 2.19. The van der Waals surface area contributed by atoms with Crippen molar-refractivity contribution in [2.45, 2.75) is 17.1 Å². The summed E-state index contributed by atoms with van der Waals surface area (Å²) in [6, 6.07) is 30.4. The number of benzene rings is 4. The van der Waals surface area contributed by atoms with E-state index in [2.05, 4.69) is 20.9 Å². The van der Waals surface area contributed by atoms with Crippen LogP contribution in [-0.2, 0) is 9.59 Å². The molecule has 4 aromatic carbocycles. The van der Waals surface area contributed by atoms with Crippen molar-refractivity contribution < 1.29 is 14.4 Å². The van der Waals surface area contributed by atoms with Gasteiger partial charge in [0.15, 0.2) is 5.13 Å². The summed E-state index contributed by atoms with van der Waals surface area (Å²) >= 11 is 15.2. The standard InChI is InChI=1S/C34H26Cl2N4O3S2/c1-21(31(41)40-34-39-29(20-44-34)22-10-4-2-5-11-22)45-26-16-9-15-25(19-26)37-33(43)28(18-24-14-8-17-27(35)30(24)36)38-32(42)23-12-6-3-7-13-23/h2-21H,1H3,(H,37,43)(H,38,42)(H,39,40,41)/b28-18+. The molecule has 7 nitrogen and oxygen atoms in total. The molecule has 3 N–H and O–H groups in total. The van der Waals surface area contributed by atoms with Crippen LogP contribution < -0.4 is 16.0 Å². The van der Waals surface area contributed by atoms with Gasteiger partial charge in [0.05, 0.1) is 21.0 Å². The predicted octanol–water partition coefficient (Wildman–Crippen LogP) is 8.65. The summed E-state index contributed by atoms with van der Waals surface area (Å²) in [5.41, 5.74) is 3.06. The van der Waals surface area contributed by atoms with Gasteiger partial charge in [0, 0.05) is 27.1 Å². The van der Waals surface area contributed by atoms with Crippen molar-refractivity contribution in [3.8, 4) is 11.3 Å². The quantitative estimate of drug-likeness (QED) is 0.102. The van der Waals surface area contributed by atoms with Gasteiger partial charge in [-0.05, 0) is 55.0 Å². The van der Waals surface area contributed by atoms with Gasteiger partial charge in [-0.15, -0.1) is 23.1 Å². The Morgan fingerprint density at radius 3 is 2.33 bits per heavy atom. The zero-order valence-corrected chi connectivity index (χ0v) is 26.9.